The van der Waals surface area contributed by atoms with E-state index >= 15 is 0 Å². The van der Waals surface area contributed by atoms with E-state index in [0.29, 0.717) is 11.5 Å². The number of alkyl halides is 2. The van der Waals surface area contributed by atoms with E-state index in [-0.39, 0.29) is 30.6 Å². The first-order chi connectivity index (χ1) is 13.9. The minimum atomic E-state index is -2.89. The lowest BCUT2D eigenvalue weighted by molar-refractivity contribution is 0.101. The molecule has 0 unspecified atom stereocenters. The number of carbonyl (C=O) groups is 1. The van der Waals surface area contributed by atoms with Gasteiger partial charge in [-0.05, 0) is 26.0 Å². The average molecular weight is 405 g/mol. The maximum absolute atomic E-state index is 13.3. The Kier molecular flexibility index (Phi) is 6.27. The lowest BCUT2D eigenvalue weighted by Crippen LogP contribution is -2.15. The van der Waals surface area contributed by atoms with Crippen molar-refractivity contribution in [2.24, 2.45) is 0 Å². The van der Waals surface area contributed by atoms with Gasteiger partial charge in [-0.1, -0.05) is 6.07 Å². The second-order valence-electron chi connectivity index (χ2n) is 6.50. The molecule has 3 aromatic heterocycles. The van der Waals surface area contributed by atoms with Crippen molar-refractivity contribution in [2.75, 3.05) is 19.0 Å². The lowest BCUT2D eigenvalue weighted by atomic mass is 10.2. The van der Waals surface area contributed by atoms with Crippen LogP contribution in [0.25, 0.3) is 11.5 Å². The van der Waals surface area contributed by atoms with Crippen molar-refractivity contribution in [1.29, 1.82) is 0 Å². The number of aromatic nitrogens is 6. The van der Waals surface area contributed by atoms with Crippen LogP contribution in [0.4, 0.5) is 14.6 Å². The van der Waals surface area contributed by atoms with Crippen molar-refractivity contribution in [1.82, 2.24) is 29.5 Å². The monoisotopic (exact) mass is 405 g/mol. The average Bonchev–Trinajstić information content (AvgIpc) is 3.34. The van der Waals surface area contributed by atoms with Crippen LogP contribution in [0.1, 0.15) is 42.4 Å². The summed E-state index contributed by atoms with van der Waals surface area (Å²) in [5.74, 6) is 0.0198. The zero-order valence-corrected chi connectivity index (χ0v) is 16.2. The number of rotatable bonds is 8. The van der Waals surface area contributed by atoms with E-state index in [4.69, 9.17) is 4.74 Å². The number of nitrogens with zero attached hydrogens (tertiary/aromatic N) is 6. The summed E-state index contributed by atoms with van der Waals surface area (Å²) in [5, 5.41) is 14.3. The summed E-state index contributed by atoms with van der Waals surface area (Å²) in [4.78, 5) is 17.0. The quantitative estimate of drug-likeness (QED) is 0.619. The maximum Gasteiger partial charge on any atom is 0.282 e. The first-order valence-corrected chi connectivity index (χ1v) is 8.93. The highest BCUT2D eigenvalue weighted by molar-refractivity contribution is 6.04. The Morgan fingerprint density at radius 1 is 1.31 bits per heavy atom. The second kappa shape index (κ2) is 8.86. The molecular formula is C18H21F2N7O2. The number of ether oxygens (including phenoxy) is 1. The van der Waals surface area contributed by atoms with Gasteiger partial charge in [-0.3, -0.25) is 9.48 Å². The van der Waals surface area contributed by atoms with Crippen LogP contribution in [0.5, 0.6) is 0 Å². The van der Waals surface area contributed by atoms with Gasteiger partial charge in [-0.2, -0.15) is 5.10 Å². The Balaban J connectivity index is 1.84. The van der Waals surface area contributed by atoms with Crippen molar-refractivity contribution in [3.8, 4) is 11.5 Å². The maximum atomic E-state index is 13.3. The zero-order chi connectivity index (χ0) is 21.0. The fourth-order valence-electron chi connectivity index (χ4n) is 2.69. The standard InChI is InChI=1S/C18H21F2N7O2/c1-11(2)27-10-21-24-17(27)13-5-4-6-14(22-13)23-18(28)12-9-26(7-8-29-3)25-15(12)16(19)20/h4-6,9-11,16H,7-8H2,1-3H3,(H,22,23,28). The number of carbonyl (C=O) groups excluding carboxylic acids is 1. The highest BCUT2D eigenvalue weighted by Gasteiger charge is 2.24. The van der Waals surface area contributed by atoms with Crippen molar-refractivity contribution in [3.05, 3.63) is 42.0 Å². The van der Waals surface area contributed by atoms with Crippen LogP contribution in [0.3, 0.4) is 0 Å². The summed E-state index contributed by atoms with van der Waals surface area (Å²) in [6.07, 6.45) is -0.0193. The minimum Gasteiger partial charge on any atom is -0.383 e. The number of methoxy groups -OCH3 is 1. The van der Waals surface area contributed by atoms with E-state index in [9.17, 15) is 13.6 Å². The number of pyridine rings is 1. The van der Waals surface area contributed by atoms with Gasteiger partial charge in [-0.15, -0.1) is 10.2 Å². The molecule has 3 rings (SSSR count). The first kappa shape index (κ1) is 20.5. The number of hydrogen-bond acceptors (Lipinski definition) is 6. The molecule has 0 aliphatic rings. The van der Waals surface area contributed by atoms with Gasteiger partial charge in [0.1, 0.15) is 23.5 Å². The molecule has 0 saturated heterocycles. The van der Waals surface area contributed by atoms with Gasteiger partial charge in [0, 0.05) is 19.3 Å². The molecule has 0 fully saturated rings. The third-order valence-electron chi connectivity index (χ3n) is 4.12. The van der Waals surface area contributed by atoms with Crippen LogP contribution in [-0.2, 0) is 11.3 Å². The summed E-state index contributed by atoms with van der Waals surface area (Å²) in [6.45, 7) is 4.49. The molecule has 0 radical (unpaired) electrons. The minimum absolute atomic E-state index is 0.117. The van der Waals surface area contributed by atoms with Crippen LogP contribution in [-0.4, -0.2) is 49.2 Å². The number of nitrogens with one attached hydrogen (secondary N) is 1. The Hall–Kier alpha value is -3.21. The zero-order valence-electron chi connectivity index (χ0n) is 16.2. The van der Waals surface area contributed by atoms with Gasteiger partial charge in [0.05, 0.1) is 18.7 Å². The van der Waals surface area contributed by atoms with Gasteiger partial charge in [0.15, 0.2) is 5.82 Å². The number of amides is 1. The second-order valence-corrected chi connectivity index (χ2v) is 6.50. The summed E-state index contributed by atoms with van der Waals surface area (Å²) in [5.41, 5.74) is -0.304. The smallest absolute Gasteiger partial charge is 0.282 e. The highest BCUT2D eigenvalue weighted by Crippen LogP contribution is 2.23. The summed E-state index contributed by atoms with van der Waals surface area (Å²) in [7, 11) is 1.49. The Bertz CT molecular complexity index is 984. The van der Waals surface area contributed by atoms with E-state index in [1.165, 1.54) is 18.0 Å². The number of halogens is 2. The van der Waals surface area contributed by atoms with Gasteiger partial charge < -0.3 is 14.6 Å². The third-order valence-corrected chi connectivity index (χ3v) is 4.12. The Morgan fingerprint density at radius 2 is 2.10 bits per heavy atom. The van der Waals surface area contributed by atoms with E-state index in [0.717, 1.165) is 0 Å². The molecule has 1 amide bonds. The summed E-state index contributed by atoms with van der Waals surface area (Å²) in [6, 6.07) is 5.10. The molecule has 0 atom stereocenters. The highest BCUT2D eigenvalue weighted by atomic mass is 19.3. The normalized spacial score (nSPS) is 11.4. The summed E-state index contributed by atoms with van der Waals surface area (Å²) < 4.78 is 34.6. The van der Waals surface area contributed by atoms with Crippen LogP contribution in [0, 0.1) is 0 Å². The third kappa shape index (κ3) is 4.62. The van der Waals surface area contributed by atoms with Gasteiger partial charge in [0.2, 0.25) is 0 Å². The van der Waals surface area contributed by atoms with E-state index in [1.807, 2.05) is 18.4 Å². The van der Waals surface area contributed by atoms with Gasteiger partial charge in [-0.25, -0.2) is 13.8 Å². The number of anilines is 1. The fraction of sp³-hybridized carbons (Fsp3) is 0.389. The van der Waals surface area contributed by atoms with Crippen molar-refractivity contribution in [2.45, 2.75) is 32.9 Å². The molecule has 0 spiro atoms. The molecule has 11 heteroatoms. The van der Waals surface area contributed by atoms with E-state index < -0.39 is 18.0 Å². The van der Waals surface area contributed by atoms with Crippen LogP contribution in [0.2, 0.25) is 0 Å². The van der Waals surface area contributed by atoms with Gasteiger partial charge in [0.25, 0.3) is 12.3 Å². The molecule has 0 saturated carbocycles. The molecule has 1 N–H and O–H groups in total. The molecule has 3 aromatic rings. The molecule has 0 bridgehead atoms. The van der Waals surface area contributed by atoms with Gasteiger partial charge >= 0.3 is 0 Å². The van der Waals surface area contributed by atoms with E-state index in [2.05, 4.69) is 25.6 Å². The largest absolute Gasteiger partial charge is 0.383 e. The Labute approximate surface area is 165 Å². The Morgan fingerprint density at radius 3 is 2.79 bits per heavy atom. The van der Waals surface area contributed by atoms with Crippen LogP contribution < -0.4 is 5.32 Å². The topological polar surface area (TPSA) is 99.8 Å². The molecule has 0 aliphatic heterocycles. The molecule has 0 aliphatic carbocycles. The summed E-state index contributed by atoms with van der Waals surface area (Å²) >= 11 is 0. The number of hydrogen-bond donors (Lipinski definition) is 1. The molecule has 3 heterocycles. The molecule has 0 aromatic carbocycles. The molecular weight excluding hydrogens is 384 g/mol. The fourth-order valence-corrected chi connectivity index (χ4v) is 2.69. The molecule has 9 nitrogen and oxygen atoms in total. The van der Waals surface area contributed by atoms with Crippen molar-refractivity contribution in [3.63, 3.8) is 0 Å². The molecule has 29 heavy (non-hydrogen) atoms. The van der Waals surface area contributed by atoms with Crippen LogP contribution >= 0.6 is 0 Å². The predicted molar refractivity (Wildman–Crippen MR) is 101 cm³/mol. The molecule has 154 valence electrons. The van der Waals surface area contributed by atoms with Crippen molar-refractivity contribution >= 4 is 11.7 Å². The van der Waals surface area contributed by atoms with Crippen molar-refractivity contribution < 1.29 is 18.3 Å². The van der Waals surface area contributed by atoms with Crippen LogP contribution in [0.15, 0.2) is 30.7 Å². The predicted octanol–water partition coefficient (Wildman–Crippen LogP) is 2.95. The van der Waals surface area contributed by atoms with E-state index in [1.54, 1.807) is 24.5 Å². The first-order valence-electron chi connectivity index (χ1n) is 8.93. The SMILES string of the molecule is COCCn1cc(C(=O)Nc2cccc(-c3nncn3C(C)C)n2)c(C(F)F)n1. The lowest BCUT2D eigenvalue weighted by Gasteiger charge is -2.10.